The molecule has 2 aromatic rings. The average Bonchev–Trinajstić information content (AvgIpc) is 2.75. The number of nitrogens with zero attached hydrogens (tertiary/aromatic N) is 2. The van der Waals surface area contributed by atoms with Crippen LogP contribution in [-0.2, 0) is 6.42 Å². The van der Waals surface area contributed by atoms with Crippen molar-refractivity contribution in [3.63, 3.8) is 0 Å². The number of para-hydroxylation sites is 1. The summed E-state index contributed by atoms with van der Waals surface area (Å²) in [5, 5.41) is 0. The highest BCUT2D eigenvalue weighted by atomic mass is 14.8. The predicted molar refractivity (Wildman–Crippen MR) is 74.1 cm³/mol. The number of aliphatic imine (C=N–C) groups is 1. The number of pyridine rings is 1. The molecule has 0 unspecified atom stereocenters. The molecule has 86 valence electrons. The molecule has 18 heavy (non-hydrogen) atoms. The molecule has 2 nitrogen and oxygen atoms in total. The molecule has 0 N–H and O–H groups in total. The van der Waals surface area contributed by atoms with Crippen molar-refractivity contribution in [2.75, 3.05) is 0 Å². The van der Waals surface area contributed by atoms with E-state index in [-0.39, 0.29) is 0 Å². The lowest BCUT2D eigenvalue weighted by Crippen LogP contribution is -2.10. The van der Waals surface area contributed by atoms with E-state index in [0.29, 0.717) is 0 Å². The summed E-state index contributed by atoms with van der Waals surface area (Å²) in [6.45, 7) is 2.07. The summed E-state index contributed by atoms with van der Waals surface area (Å²) >= 11 is 0. The molecule has 0 bridgehead atoms. The van der Waals surface area contributed by atoms with E-state index in [9.17, 15) is 0 Å². The summed E-state index contributed by atoms with van der Waals surface area (Å²) in [4.78, 5) is 9.11. The molecule has 1 aromatic heterocycles. The molecule has 1 aliphatic heterocycles. The summed E-state index contributed by atoms with van der Waals surface area (Å²) in [7, 11) is 0. The van der Waals surface area contributed by atoms with Gasteiger partial charge in [0.05, 0.1) is 11.4 Å². The van der Waals surface area contributed by atoms with Crippen LogP contribution in [0.2, 0.25) is 0 Å². The average molecular weight is 232 g/mol. The number of allylic oxidation sites excluding steroid dienone is 1. The van der Waals surface area contributed by atoms with Gasteiger partial charge in [0.25, 0.3) is 0 Å². The minimum Gasteiger partial charge on any atom is -0.261 e. The molecule has 2 heteroatoms. The number of hydrogen-bond acceptors (Lipinski definition) is 2. The summed E-state index contributed by atoms with van der Waals surface area (Å²) in [6.07, 6.45) is 5.04. The Labute approximate surface area is 106 Å². The molecular weight excluding hydrogens is 220 g/mol. The molecule has 0 saturated carbocycles. The Morgan fingerprint density at radius 1 is 1.11 bits per heavy atom. The molecule has 4 rings (SSSR count). The van der Waals surface area contributed by atoms with Gasteiger partial charge in [0, 0.05) is 29.4 Å². The fraction of sp³-hybridized carbons (Fsp3) is 0.125. The summed E-state index contributed by atoms with van der Waals surface area (Å²) < 4.78 is 0. The number of hydrogen-bond donors (Lipinski definition) is 0. The Bertz CT molecular complexity index is 724. The van der Waals surface area contributed by atoms with E-state index in [2.05, 4.69) is 42.2 Å². The van der Waals surface area contributed by atoms with Crippen molar-refractivity contribution in [2.24, 2.45) is 4.99 Å². The molecule has 2 heterocycles. The summed E-state index contributed by atoms with van der Waals surface area (Å²) in [5.41, 5.74) is 8.51. The van der Waals surface area contributed by atoms with Gasteiger partial charge in [-0.3, -0.25) is 9.98 Å². The van der Waals surface area contributed by atoms with Crippen molar-refractivity contribution in [1.82, 2.24) is 4.98 Å². The van der Waals surface area contributed by atoms with Crippen molar-refractivity contribution in [3.8, 4) is 0 Å². The van der Waals surface area contributed by atoms with Crippen molar-refractivity contribution < 1.29 is 0 Å². The first-order valence-electron chi connectivity index (χ1n) is 6.16. The van der Waals surface area contributed by atoms with Crippen molar-refractivity contribution in [2.45, 2.75) is 13.3 Å². The fourth-order valence-electron chi connectivity index (χ4n) is 2.76. The van der Waals surface area contributed by atoms with Gasteiger partial charge in [-0.2, -0.15) is 0 Å². The van der Waals surface area contributed by atoms with Gasteiger partial charge < -0.3 is 0 Å². The van der Waals surface area contributed by atoms with Crippen LogP contribution in [0.15, 0.2) is 41.5 Å². The lowest BCUT2D eigenvalue weighted by atomic mass is 9.88. The second kappa shape index (κ2) is 3.39. The van der Waals surface area contributed by atoms with Gasteiger partial charge in [-0.15, -0.1) is 0 Å². The standard InChI is InChI=1S/C16H12N2/c1-10-13-9-14-12-4-2-3-5-15(12)18-16(14)8-11(13)6-7-17-10/h2-7,9H,8H2,1H3. The predicted octanol–water partition coefficient (Wildman–Crippen LogP) is 3.57. The molecule has 0 atom stereocenters. The first kappa shape index (κ1) is 9.77. The van der Waals surface area contributed by atoms with Crippen molar-refractivity contribution in [3.05, 3.63) is 58.9 Å². The van der Waals surface area contributed by atoms with Gasteiger partial charge in [0.2, 0.25) is 0 Å². The van der Waals surface area contributed by atoms with Crippen LogP contribution in [0.5, 0.6) is 0 Å². The van der Waals surface area contributed by atoms with Crippen molar-refractivity contribution >= 4 is 23.0 Å². The van der Waals surface area contributed by atoms with Crippen LogP contribution < -0.4 is 0 Å². The SMILES string of the molecule is Cc1nccc2c1C=C1C(=Nc3ccccc31)C2. The van der Waals surface area contributed by atoms with E-state index < -0.39 is 0 Å². The molecule has 0 fully saturated rings. The lowest BCUT2D eigenvalue weighted by molar-refractivity contribution is 1.14. The number of fused-ring (bicyclic) bond motifs is 4. The minimum absolute atomic E-state index is 0.916. The van der Waals surface area contributed by atoms with Crippen LogP contribution in [0.1, 0.15) is 22.4 Å². The van der Waals surface area contributed by atoms with Gasteiger partial charge in [-0.05, 0) is 36.3 Å². The zero-order valence-electron chi connectivity index (χ0n) is 10.1. The van der Waals surface area contributed by atoms with Gasteiger partial charge >= 0.3 is 0 Å². The number of aryl methyl sites for hydroxylation is 1. The Balaban J connectivity index is 1.99. The van der Waals surface area contributed by atoms with E-state index in [4.69, 9.17) is 4.99 Å². The summed E-state index contributed by atoms with van der Waals surface area (Å²) in [6, 6.07) is 10.4. The van der Waals surface area contributed by atoms with E-state index in [1.165, 1.54) is 28.0 Å². The molecule has 1 aromatic carbocycles. The Hall–Kier alpha value is -2.22. The second-order valence-corrected chi connectivity index (χ2v) is 4.78. The fourth-order valence-corrected chi connectivity index (χ4v) is 2.76. The maximum absolute atomic E-state index is 4.73. The van der Waals surface area contributed by atoms with Crippen LogP contribution in [0.3, 0.4) is 0 Å². The monoisotopic (exact) mass is 232 g/mol. The van der Waals surface area contributed by atoms with Crippen LogP contribution in [0.25, 0.3) is 11.6 Å². The number of benzene rings is 1. The molecule has 1 aliphatic carbocycles. The highest BCUT2D eigenvalue weighted by Crippen LogP contribution is 2.40. The second-order valence-electron chi connectivity index (χ2n) is 4.78. The molecule has 0 saturated heterocycles. The molecule has 0 radical (unpaired) electrons. The maximum atomic E-state index is 4.73. The molecule has 0 spiro atoms. The zero-order valence-corrected chi connectivity index (χ0v) is 10.1. The summed E-state index contributed by atoms with van der Waals surface area (Å²) in [5.74, 6) is 0. The van der Waals surface area contributed by atoms with Crippen LogP contribution in [0.4, 0.5) is 5.69 Å². The molecule has 0 amide bonds. The van der Waals surface area contributed by atoms with Crippen LogP contribution >= 0.6 is 0 Å². The normalized spacial score (nSPS) is 15.4. The zero-order chi connectivity index (χ0) is 12.1. The third kappa shape index (κ3) is 1.23. The largest absolute Gasteiger partial charge is 0.261 e. The topological polar surface area (TPSA) is 25.2 Å². The maximum Gasteiger partial charge on any atom is 0.0712 e. The Morgan fingerprint density at radius 3 is 2.94 bits per heavy atom. The van der Waals surface area contributed by atoms with Gasteiger partial charge in [-0.25, -0.2) is 0 Å². The van der Waals surface area contributed by atoms with E-state index in [1.54, 1.807) is 0 Å². The minimum atomic E-state index is 0.916. The third-order valence-electron chi connectivity index (χ3n) is 3.69. The van der Waals surface area contributed by atoms with Gasteiger partial charge in [0.1, 0.15) is 0 Å². The molecule has 2 aliphatic rings. The lowest BCUT2D eigenvalue weighted by Gasteiger charge is -2.16. The van der Waals surface area contributed by atoms with E-state index in [1.807, 2.05) is 12.3 Å². The van der Waals surface area contributed by atoms with Gasteiger partial charge in [-0.1, -0.05) is 18.2 Å². The smallest absolute Gasteiger partial charge is 0.0712 e. The van der Waals surface area contributed by atoms with Crippen LogP contribution in [-0.4, -0.2) is 10.7 Å². The molecular formula is C16H12N2. The van der Waals surface area contributed by atoms with E-state index in [0.717, 1.165) is 17.8 Å². The highest BCUT2D eigenvalue weighted by Gasteiger charge is 2.25. The Kier molecular flexibility index (Phi) is 1.84. The number of rotatable bonds is 0. The first-order valence-corrected chi connectivity index (χ1v) is 6.16. The van der Waals surface area contributed by atoms with E-state index >= 15 is 0 Å². The first-order chi connectivity index (χ1) is 8.83. The Morgan fingerprint density at radius 2 is 2.00 bits per heavy atom. The van der Waals surface area contributed by atoms with Crippen molar-refractivity contribution in [1.29, 1.82) is 0 Å². The number of aromatic nitrogens is 1. The van der Waals surface area contributed by atoms with Crippen LogP contribution in [0, 0.1) is 6.92 Å². The van der Waals surface area contributed by atoms with Gasteiger partial charge in [0.15, 0.2) is 0 Å². The third-order valence-corrected chi connectivity index (χ3v) is 3.69. The highest BCUT2D eigenvalue weighted by molar-refractivity contribution is 6.34. The quantitative estimate of drug-likeness (QED) is 0.681.